The van der Waals surface area contributed by atoms with E-state index in [1.807, 2.05) is 38.1 Å². The highest BCUT2D eigenvalue weighted by molar-refractivity contribution is 5.83. The van der Waals surface area contributed by atoms with Crippen LogP contribution in [0.25, 0.3) is 17.2 Å². The maximum Gasteiger partial charge on any atom is 0.221 e. The van der Waals surface area contributed by atoms with E-state index in [9.17, 15) is 0 Å². The van der Waals surface area contributed by atoms with E-state index in [0.717, 1.165) is 16.7 Å². The monoisotopic (exact) mass is 203 g/mol. The van der Waals surface area contributed by atoms with Crippen LogP contribution in [0.3, 0.4) is 0 Å². The predicted molar refractivity (Wildman–Crippen MR) is 59.3 cm³/mol. The molecule has 0 aliphatic rings. The lowest BCUT2D eigenvalue weighted by molar-refractivity contribution is 0.244. The molecule has 1 N–H and O–H groups in total. The van der Waals surface area contributed by atoms with E-state index in [2.05, 4.69) is 4.98 Å². The maximum atomic E-state index is 8.94. The smallest absolute Gasteiger partial charge is 0.221 e. The first-order valence-corrected chi connectivity index (χ1v) is 4.85. The van der Waals surface area contributed by atoms with Crippen molar-refractivity contribution in [3.63, 3.8) is 0 Å². The molecule has 2 rings (SSSR count). The summed E-state index contributed by atoms with van der Waals surface area (Å²) < 4.78 is 5.44. The standard InChI is InChI=1S/C12H13NO2/c1-8(2)6-9-4-3-5-10-12(9)15-11(7-14)13-10/h3-6,14H,7H2,1-2H3. The lowest BCUT2D eigenvalue weighted by Crippen LogP contribution is -1.78. The average molecular weight is 203 g/mol. The summed E-state index contributed by atoms with van der Waals surface area (Å²) in [6.07, 6.45) is 2.04. The zero-order valence-electron chi connectivity index (χ0n) is 8.82. The summed E-state index contributed by atoms with van der Waals surface area (Å²) in [5, 5.41) is 8.94. The average Bonchev–Trinajstić information content (AvgIpc) is 2.61. The number of rotatable bonds is 2. The molecule has 0 fully saturated rings. The van der Waals surface area contributed by atoms with Gasteiger partial charge in [0.2, 0.25) is 5.89 Å². The Labute approximate surface area is 88.1 Å². The Kier molecular flexibility index (Phi) is 2.56. The van der Waals surface area contributed by atoms with Crippen molar-refractivity contribution in [1.29, 1.82) is 0 Å². The van der Waals surface area contributed by atoms with Gasteiger partial charge in [-0.05, 0) is 19.9 Å². The molecular weight excluding hydrogens is 190 g/mol. The number of fused-ring (bicyclic) bond motifs is 1. The second-order valence-corrected chi connectivity index (χ2v) is 3.68. The second-order valence-electron chi connectivity index (χ2n) is 3.68. The molecular formula is C12H13NO2. The number of hydrogen-bond acceptors (Lipinski definition) is 3. The normalized spacial score (nSPS) is 10.6. The molecule has 0 atom stereocenters. The zero-order valence-corrected chi connectivity index (χ0v) is 8.82. The highest BCUT2D eigenvalue weighted by atomic mass is 16.4. The Bertz CT molecular complexity index is 507. The van der Waals surface area contributed by atoms with Gasteiger partial charge in [0.1, 0.15) is 12.1 Å². The number of aliphatic hydroxyl groups excluding tert-OH is 1. The molecule has 0 spiro atoms. The number of aliphatic hydroxyl groups is 1. The molecule has 0 radical (unpaired) electrons. The van der Waals surface area contributed by atoms with Crippen LogP contribution in [0.15, 0.2) is 28.2 Å². The molecule has 0 aliphatic carbocycles. The Morgan fingerprint density at radius 1 is 1.47 bits per heavy atom. The Balaban J connectivity index is 2.64. The molecule has 2 aromatic rings. The Morgan fingerprint density at radius 2 is 2.27 bits per heavy atom. The SMILES string of the molecule is CC(C)=Cc1cccc2nc(CO)oc12. The predicted octanol–water partition coefficient (Wildman–Crippen LogP) is 2.74. The van der Waals surface area contributed by atoms with Gasteiger partial charge >= 0.3 is 0 Å². The number of oxazole rings is 1. The van der Waals surface area contributed by atoms with E-state index in [1.165, 1.54) is 5.57 Å². The quantitative estimate of drug-likeness (QED) is 0.816. The summed E-state index contributed by atoms with van der Waals surface area (Å²) in [4.78, 5) is 4.15. The number of benzene rings is 1. The maximum absolute atomic E-state index is 8.94. The van der Waals surface area contributed by atoms with Gasteiger partial charge in [0.25, 0.3) is 0 Å². The minimum atomic E-state index is -0.164. The van der Waals surface area contributed by atoms with Crippen molar-refractivity contribution in [2.75, 3.05) is 0 Å². The number of allylic oxidation sites excluding steroid dienone is 1. The van der Waals surface area contributed by atoms with Crippen molar-refractivity contribution in [1.82, 2.24) is 4.98 Å². The third-order valence-corrected chi connectivity index (χ3v) is 2.07. The van der Waals surface area contributed by atoms with E-state index in [4.69, 9.17) is 9.52 Å². The van der Waals surface area contributed by atoms with Gasteiger partial charge in [0.15, 0.2) is 5.58 Å². The van der Waals surface area contributed by atoms with Crippen LogP contribution in [0, 0.1) is 0 Å². The molecule has 0 bridgehead atoms. The summed E-state index contributed by atoms with van der Waals surface area (Å²) >= 11 is 0. The van der Waals surface area contributed by atoms with Gasteiger partial charge in [-0.1, -0.05) is 23.8 Å². The first-order chi connectivity index (χ1) is 7.20. The fraction of sp³-hybridized carbons (Fsp3) is 0.250. The number of hydrogen-bond donors (Lipinski definition) is 1. The summed E-state index contributed by atoms with van der Waals surface area (Å²) in [6.45, 7) is 3.90. The molecule has 0 saturated heterocycles. The minimum Gasteiger partial charge on any atom is -0.438 e. The van der Waals surface area contributed by atoms with Crippen LogP contribution in [0.2, 0.25) is 0 Å². The van der Waals surface area contributed by atoms with E-state index in [0.29, 0.717) is 5.89 Å². The van der Waals surface area contributed by atoms with Gasteiger partial charge in [-0.25, -0.2) is 4.98 Å². The van der Waals surface area contributed by atoms with Gasteiger partial charge in [-0.3, -0.25) is 0 Å². The van der Waals surface area contributed by atoms with Crippen molar-refractivity contribution >= 4 is 17.2 Å². The molecule has 1 aromatic heterocycles. The molecule has 1 aromatic carbocycles. The molecule has 3 nitrogen and oxygen atoms in total. The fourth-order valence-electron chi connectivity index (χ4n) is 1.51. The molecule has 0 aliphatic heterocycles. The highest BCUT2D eigenvalue weighted by Crippen LogP contribution is 2.22. The summed E-state index contributed by atoms with van der Waals surface area (Å²) in [5.41, 5.74) is 3.72. The third-order valence-electron chi connectivity index (χ3n) is 2.07. The van der Waals surface area contributed by atoms with E-state index < -0.39 is 0 Å². The minimum absolute atomic E-state index is 0.164. The highest BCUT2D eigenvalue weighted by Gasteiger charge is 2.07. The zero-order chi connectivity index (χ0) is 10.8. The molecule has 0 unspecified atom stereocenters. The van der Waals surface area contributed by atoms with Crippen LogP contribution in [0.4, 0.5) is 0 Å². The van der Waals surface area contributed by atoms with Crippen LogP contribution in [-0.4, -0.2) is 10.1 Å². The van der Waals surface area contributed by atoms with E-state index in [-0.39, 0.29) is 6.61 Å². The summed E-state index contributed by atoms with van der Waals surface area (Å²) in [5.74, 6) is 0.361. The van der Waals surface area contributed by atoms with Gasteiger partial charge in [0, 0.05) is 5.56 Å². The number of aromatic nitrogens is 1. The van der Waals surface area contributed by atoms with E-state index in [1.54, 1.807) is 0 Å². The van der Waals surface area contributed by atoms with Crippen LogP contribution < -0.4 is 0 Å². The van der Waals surface area contributed by atoms with Crippen LogP contribution in [0.5, 0.6) is 0 Å². The molecule has 0 saturated carbocycles. The third kappa shape index (κ3) is 1.92. The molecule has 0 amide bonds. The van der Waals surface area contributed by atoms with Gasteiger partial charge in [-0.15, -0.1) is 0 Å². The summed E-state index contributed by atoms with van der Waals surface area (Å²) in [6, 6.07) is 5.78. The van der Waals surface area contributed by atoms with Crippen LogP contribution in [-0.2, 0) is 6.61 Å². The molecule has 15 heavy (non-hydrogen) atoms. The van der Waals surface area contributed by atoms with Gasteiger partial charge < -0.3 is 9.52 Å². The van der Waals surface area contributed by atoms with E-state index >= 15 is 0 Å². The Morgan fingerprint density at radius 3 is 2.93 bits per heavy atom. The van der Waals surface area contributed by atoms with Crippen LogP contribution in [0.1, 0.15) is 25.3 Å². The lowest BCUT2D eigenvalue weighted by atomic mass is 10.1. The first kappa shape index (κ1) is 9.93. The van der Waals surface area contributed by atoms with Crippen molar-refractivity contribution in [2.24, 2.45) is 0 Å². The molecule has 3 heteroatoms. The van der Waals surface area contributed by atoms with Gasteiger partial charge in [-0.2, -0.15) is 0 Å². The van der Waals surface area contributed by atoms with Crippen molar-refractivity contribution in [3.8, 4) is 0 Å². The lowest BCUT2D eigenvalue weighted by Gasteiger charge is -1.95. The Hall–Kier alpha value is -1.61. The second kappa shape index (κ2) is 3.87. The largest absolute Gasteiger partial charge is 0.438 e. The topological polar surface area (TPSA) is 46.3 Å². The van der Waals surface area contributed by atoms with Crippen molar-refractivity contribution in [3.05, 3.63) is 35.2 Å². The number of nitrogens with zero attached hydrogens (tertiary/aromatic N) is 1. The molecule has 1 heterocycles. The fourth-order valence-corrected chi connectivity index (χ4v) is 1.51. The number of para-hydroxylation sites is 1. The van der Waals surface area contributed by atoms with Crippen molar-refractivity contribution in [2.45, 2.75) is 20.5 Å². The first-order valence-electron chi connectivity index (χ1n) is 4.85. The summed E-state index contributed by atoms with van der Waals surface area (Å²) in [7, 11) is 0. The van der Waals surface area contributed by atoms with Gasteiger partial charge in [0.05, 0.1) is 0 Å². The van der Waals surface area contributed by atoms with Crippen LogP contribution >= 0.6 is 0 Å². The van der Waals surface area contributed by atoms with Crippen molar-refractivity contribution < 1.29 is 9.52 Å². The molecule has 78 valence electrons.